The summed E-state index contributed by atoms with van der Waals surface area (Å²) in [5, 5.41) is 4.72. The molecule has 0 radical (unpaired) electrons. The quantitative estimate of drug-likeness (QED) is 0.872. The fourth-order valence-corrected chi connectivity index (χ4v) is 2.21. The van der Waals surface area contributed by atoms with Crippen LogP contribution >= 0.6 is 0 Å². The van der Waals surface area contributed by atoms with Crippen molar-refractivity contribution in [1.29, 1.82) is 0 Å². The van der Waals surface area contributed by atoms with Crippen LogP contribution in [0.5, 0.6) is 0 Å². The van der Waals surface area contributed by atoms with Crippen LogP contribution in [0.15, 0.2) is 54.6 Å². The fraction of sp³-hybridized carbons (Fsp3) is 0.235. The van der Waals surface area contributed by atoms with Gasteiger partial charge in [-0.2, -0.15) is 0 Å². The van der Waals surface area contributed by atoms with Crippen LogP contribution in [0, 0.1) is 5.82 Å². The third-order valence-corrected chi connectivity index (χ3v) is 3.41. The summed E-state index contributed by atoms with van der Waals surface area (Å²) in [5.41, 5.74) is 1.65. The molecule has 2 rings (SSSR count). The maximum atomic E-state index is 13.1. The Bertz CT molecular complexity index is 601. The van der Waals surface area contributed by atoms with Gasteiger partial charge in [0.2, 0.25) is 0 Å². The van der Waals surface area contributed by atoms with E-state index in [1.54, 1.807) is 12.1 Å². The molecule has 0 aromatic heterocycles. The van der Waals surface area contributed by atoms with Crippen molar-refractivity contribution in [2.45, 2.75) is 25.9 Å². The normalized spacial score (nSPS) is 13.5. The van der Waals surface area contributed by atoms with E-state index in [1.165, 1.54) is 17.7 Å². The molecular formula is C17H20FN2O+. The zero-order valence-corrected chi connectivity index (χ0v) is 12.2. The van der Waals surface area contributed by atoms with Crippen LogP contribution in [0.2, 0.25) is 0 Å². The number of nitrogens with two attached hydrogens (primary N) is 1. The number of anilines is 1. The lowest BCUT2D eigenvalue weighted by molar-refractivity contribution is -0.709. The number of hydrogen-bond donors (Lipinski definition) is 2. The Kier molecular flexibility index (Phi) is 5.06. The van der Waals surface area contributed by atoms with E-state index in [9.17, 15) is 9.18 Å². The first-order valence-electron chi connectivity index (χ1n) is 7.02. The van der Waals surface area contributed by atoms with Gasteiger partial charge in [-0.25, -0.2) is 4.39 Å². The molecule has 0 heterocycles. The minimum absolute atomic E-state index is 0.136. The number of hydrogen-bond acceptors (Lipinski definition) is 1. The number of nitrogens with one attached hydrogen (secondary N) is 1. The number of carbonyl (C=O) groups excluding carboxylic acids is 1. The van der Waals surface area contributed by atoms with Crippen molar-refractivity contribution in [2.24, 2.45) is 0 Å². The lowest BCUT2D eigenvalue weighted by Gasteiger charge is -2.16. The molecule has 2 atom stereocenters. The molecule has 2 aromatic rings. The Hall–Kier alpha value is -2.20. The molecule has 0 unspecified atom stereocenters. The summed E-state index contributed by atoms with van der Waals surface area (Å²) in [5.74, 6) is -0.495. The topological polar surface area (TPSA) is 45.7 Å². The lowest BCUT2D eigenvalue weighted by Crippen LogP contribution is -2.91. The first-order valence-corrected chi connectivity index (χ1v) is 7.02. The standard InChI is InChI=1S/C17H19FN2O/c1-12(14-7-4-3-5-8-14)19-13(2)17(21)20-16-10-6-9-15(18)11-16/h3-13,19H,1-2H3,(H,20,21)/p+1/t12-,13+/m1/s1. The van der Waals surface area contributed by atoms with Gasteiger partial charge in [-0.1, -0.05) is 36.4 Å². The summed E-state index contributed by atoms with van der Waals surface area (Å²) >= 11 is 0. The molecule has 0 saturated heterocycles. The van der Waals surface area contributed by atoms with E-state index in [2.05, 4.69) is 12.2 Å². The first kappa shape index (κ1) is 15.2. The average Bonchev–Trinajstić information content (AvgIpc) is 2.48. The fourth-order valence-electron chi connectivity index (χ4n) is 2.21. The largest absolute Gasteiger partial charge is 0.330 e. The molecule has 2 aromatic carbocycles. The molecule has 3 N–H and O–H groups in total. The second-order valence-corrected chi connectivity index (χ2v) is 5.18. The average molecular weight is 287 g/mol. The molecule has 0 fully saturated rings. The van der Waals surface area contributed by atoms with Gasteiger partial charge in [-0.05, 0) is 32.0 Å². The highest BCUT2D eigenvalue weighted by Gasteiger charge is 2.20. The third-order valence-electron chi connectivity index (χ3n) is 3.41. The number of carbonyl (C=O) groups is 1. The number of benzene rings is 2. The van der Waals surface area contributed by atoms with Gasteiger partial charge in [0.05, 0.1) is 0 Å². The molecule has 0 bridgehead atoms. The van der Waals surface area contributed by atoms with Crippen LogP contribution in [-0.4, -0.2) is 11.9 Å². The second kappa shape index (κ2) is 6.99. The highest BCUT2D eigenvalue weighted by Crippen LogP contribution is 2.10. The van der Waals surface area contributed by atoms with Crippen molar-refractivity contribution in [3.05, 3.63) is 66.0 Å². The van der Waals surface area contributed by atoms with Gasteiger partial charge in [0, 0.05) is 11.3 Å². The summed E-state index contributed by atoms with van der Waals surface area (Å²) < 4.78 is 13.1. The molecule has 1 amide bonds. The smallest absolute Gasteiger partial charge is 0.282 e. The zero-order chi connectivity index (χ0) is 15.2. The van der Waals surface area contributed by atoms with Gasteiger partial charge in [0.1, 0.15) is 11.9 Å². The van der Waals surface area contributed by atoms with Gasteiger partial charge < -0.3 is 10.6 Å². The van der Waals surface area contributed by atoms with Crippen LogP contribution < -0.4 is 10.6 Å². The molecular weight excluding hydrogens is 267 g/mol. The van der Waals surface area contributed by atoms with E-state index >= 15 is 0 Å². The van der Waals surface area contributed by atoms with Crippen molar-refractivity contribution in [3.63, 3.8) is 0 Å². The van der Waals surface area contributed by atoms with Gasteiger partial charge in [-0.3, -0.25) is 4.79 Å². The first-order chi connectivity index (χ1) is 10.1. The Labute approximate surface area is 124 Å². The highest BCUT2D eigenvalue weighted by atomic mass is 19.1. The SMILES string of the molecule is C[C@H]([NH2+][C@H](C)c1ccccc1)C(=O)Nc1cccc(F)c1. The minimum Gasteiger partial charge on any atom is -0.330 e. The van der Waals surface area contributed by atoms with E-state index in [0.717, 1.165) is 0 Å². The number of quaternary nitrogens is 1. The minimum atomic E-state index is -0.359. The van der Waals surface area contributed by atoms with E-state index in [-0.39, 0.29) is 23.8 Å². The Balaban J connectivity index is 1.93. The molecule has 4 heteroatoms. The summed E-state index contributed by atoms with van der Waals surface area (Å²) in [4.78, 5) is 12.1. The van der Waals surface area contributed by atoms with Gasteiger partial charge in [-0.15, -0.1) is 0 Å². The zero-order valence-electron chi connectivity index (χ0n) is 12.2. The number of rotatable bonds is 5. The molecule has 3 nitrogen and oxygen atoms in total. The monoisotopic (exact) mass is 287 g/mol. The van der Waals surface area contributed by atoms with E-state index in [0.29, 0.717) is 5.69 Å². The van der Waals surface area contributed by atoms with E-state index in [1.807, 2.05) is 42.6 Å². The summed E-state index contributed by atoms with van der Waals surface area (Å²) in [6.45, 7) is 3.90. The van der Waals surface area contributed by atoms with Crippen molar-refractivity contribution in [3.8, 4) is 0 Å². The highest BCUT2D eigenvalue weighted by molar-refractivity contribution is 5.93. The Morgan fingerprint density at radius 2 is 1.81 bits per heavy atom. The Morgan fingerprint density at radius 3 is 2.48 bits per heavy atom. The van der Waals surface area contributed by atoms with Crippen LogP contribution in [0.25, 0.3) is 0 Å². The predicted molar refractivity (Wildman–Crippen MR) is 81.3 cm³/mol. The molecule has 0 aliphatic heterocycles. The van der Waals surface area contributed by atoms with E-state index in [4.69, 9.17) is 0 Å². The number of amides is 1. The van der Waals surface area contributed by atoms with Crippen molar-refractivity contribution < 1.29 is 14.5 Å². The molecule has 21 heavy (non-hydrogen) atoms. The maximum absolute atomic E-state index is 13.1. The van der Waals surface area contributed by atoms with Crippen molar-refractivity contribution in [1.82, 2.24) is 0 Å². The third kappa shape index (κ3) is 4.39. The van der Waals surface area contributed by atoms with Gasteiger partial charge >= 0.3 is 0 Å². The number of halogens is 1. The lowest BCUT2D eigenvalue weighted by atomic mass is 10.1. The van der Waals surface area contributed by atoms with Crippen LogP contribution in [0.1, 0.15) is 25.5 Å². The molecule has 0 spiro atoms. The van der Waals surface area contributed by atoms with Gasteiger partial charge in [0.15, 0.2) is 6.04 Å². The second-order valence-electron chi connectivity index (χ2n) is 5.18. The van der Waals surface area contributed by atoms with E-state index < -0.39 is 0 Å². The molecule has 0 aliphatic carbocycles. The van der Waals surface area contributed by atoms with Crippen LogP contribution in [-0.2, 0) is 4.79 Å². The molecule has 0 saturated carbocycles. The molecule has 110 valence electrons. The van der Waals surface area contributed by atoms with Crippen LogP contribution in [0.3, 0.4) is 0 Å². The van der Waals surface area contributed by atoms with Gasteiger partial charge in [0.25, 0.3) is 5.91 Å². The summed E-state index contributed by atoms with van der Waals surface area (Å²) in [7, 11) is 0. The summed E-state index contributed by atoms with van der Waals surface area (Å²) in [6.07, 6.45) is 0. The molecule has 0 aliphatic rings. The maximum Gasteiger partial charge on any atom is 0.282 e. The predicted octanol–water partition coefficient (Wildman–Crippen LogP) is 2.48. The summed E-state index contributed by atoms with van der Waals surface area (Å²) in [6, 6.07) is 15.8. The van der Waals surface area contributed by atoms with Crippen LogP contribution in [0.4, 0.5) is 10.1 Å². The van der Waals surface area contributed by atoms with Crippen molar-refractivity contribution >= 4 is 11.6 Å². The van der Waals surface area contributed by atoms with Crippen molar-refractivity contribution in [2.75, 3.05) is 5.32 Å². The Morgan fingerprint density at radius 1 is 1.10 bits per heavy atom.